The molecule has 3 aromatic rings. The summed E-state index contributed by atoms with van der Waals surface area (Å²) in [7, 11) is 1.86. The predicted octanol–water partition coefficient (Wildman–Crippen LogP) is 0.543. The molecule has 1 atom stereocenters. The Balaban J connectivity index is 1.36. The van der Waals surface area contributed by atoms with Crippen LogP contribution in [0.2, 0.25) is 5.02 Å². The predicted molar refractivity (Wildman–Crippen MR) is 90.0 cm³/mol. The summed E-state index contributed by atoms with van der Waals surface area (Å²) in [5.74, 6) is 0. The zero-order valence-electron chi connectivity index (χ0n) is 13.7. The minimum atomic E-state index is -0.0702. The van der Waals surface area contributed by atoms with E-state index in [0.29, 0.717) is 35.9 Å². The zero-order valence-corrected chi connectivity index (χ0v) is 14.5. The molecule has 1 aliphatic heterocycles. The fourth-order valence-corrected chi connectivity index (χ4v) is 3.07. The quantitative estimate of drug-likeness (QED) is 0.654. The van der Waals surface area contributed by atoms with Crippen molar-refractivity contribution in [3.63, 3.8) is 0 Å². The number of aryl methyl sites for hydroxylation is 1. The molecular weight excluding hydrogens is 346 g/mol. The fraction of sp³-hybridized carbons (Fsp3) is 0.467. The zero-order chi connectivity index (χ0) is 17.2. The number of aromatic nitrogens is 6. The summed E-state index contributed by atoms with van der Waals surface area (Å²) in [5.41, 5.74) is 2.16. The van der Waals surface area contributed by atoms with Crippen molar-refractivity contribution in [3.8, 4) is 0 Å². The molecule has 4 heterocycles. The van der Waals surface area contributed by atoms with E-state index < -0.39 is 0 Å². The first-order chi connectivity index (χ1) is 12.2. The second-order valence-electron chi connectivity index (χ2n) is 5.93. The molecule has 9 nitrogen and oxygen atoms in total. The van der Waals surface area contributed by atoms with Crippen LogP contribution in [0.25, 0.3) is 11.2 Å². The maximum Gasteiger partial charge on any atom is 0.219 e. The first-order valence-corrected chi connectivity index (χ1v) is 8.38. The van der Waals surface area contributed by atoms with Gasteiger partial charge in [0, 0.05) is 39.1 Å². The first kappa shape index (κ1) is 16.2. The van der Waals surface area contributed by atoms with Crippen molar-refractivity contribution in [2.45, 2.75) is 12.6 Å². The molecule has 4 rings (SSSR count). The lowest BCUT2D eigenvalue weighted by Crippen LogP contribution is -2.45. The lowest BCUT2D eigenvalue weighted by Gasteiger charge is -2.32. The lowest BCUT2D eigenvalue weighted by atomic mass is 10.2. The van der Waals surface area contributed by atoms with Crippen LogP contribution in [0.15, 0.2) is 24.5 Å². The SMILES string of the molecule is Cn1cc(Cl)c(CN2CCOC(COn3nnc4cccnc43)C2)n1. The summed E-state index contributed by atoms with van der Waals surface area (Å²) in [4.78, 5) is 13.5. The third kappa shape index (κ3) is 3.58. The minimum absolute atomic E-state index is 0.0702. The van der Waals surface area contributed by atoms with E-state index in [9.17, 15) is 0 Å². The number of hydrogen-bond donors (Lipinski definition) is 0. The Bertz CT molecular complexity index is 865. The van der Waals surface area contributed by atoms with E-state index in [4.69, 9.17) is 21.2 Å². The van der Waals surface area contributed by atoms with Crippen LogP contribution in [0.1, 0.15) is 5.69 Å². The molecule has 0 aliphatic carbocycles. The smallest absolute Gasteiger partial charge is 0.219 e. The van der Waals surface area contributed by atoms with Gasteiger partial charge >= 0.3 is 0 Å². The topological polar surface area (TPSA) is 83.1 Å². The molecule has 1 saturated heterocycles. The summed E-state index contributed by atoms with van der Waals surface area (Å²) >= 11 is 6.19. The number of rotatable bonds is 5. The summed E-state index contributed by atoms with van der Waals surface area (Å²) in [5, 5.41) is 13.1. The van der Waals surface area contributed by atoms with Gasteiger partial charge in [0.15, 0.2) is 0 Å². The van der Waals surface area contributed by atoms with E-state index in [0.717, 1.165) is 18.8 Å². The minimum Gasteiger partial charge on any atom is -0.391 e. The largest absolute Gasteiger partial charge is 0.391 e. The van der Waals surface area contributed by atoms with E-state index in [-0.39, 0.29) is 6.10 Å². The Morgan fingerprint density at radius 3 is 3.20 bits per heavy atom. The number of fused-ring (bicyclic) bond motifs is 1. The van der Waals surface area contributed by atoms with Gasteiger partial charge < -0.3 is 9.57 Å². The summed E-state index contributed by atoms with van der Waals surface area (Å²) in [6.45, 7) is 3.24. The Morgan fingerprint density at radius 1 is 1.44 bits per heavy atom. The monoisotopic (exact) mass is 363 g/mol. The van der Waals surface area contributed by atoms with Gasteiger partial charge in [-0.25, -0.2) is 4.98 Å². The van der Waals surface area contributed by atoms with E-state index in [1.165, 1.54) is 4.85 Å². The van der Waals surface area contributed by atoms with Crippen molar-refractivity contribution in [1.29, 1.82) is 0 Å². The molecule has 0 bridgehead atoms. The number of halogens is 1. The fourth-order valence-electron chi connectivity index (χ4n) is 2.84. The highest BCUT2D eigenvalue weighted by Gasteiger charge is 2.23. The molecule has 0 N–H and O–H groups in total. The van der Waals surface area contributed by atoms with Crippen LogP contribution in [0.3, 0.4) is 0 Å². The molecule has 132 valence electrons. The van der Waals surface area contributed by atoms with Crippen LogP contribution in [0.4, 0.5) is 0 Å². The molecule has 1 unspecified atom stereocenters. The van der Waals surface area contributed by atoms with Crippen molar-refractivity contribution in [2.75, 3.05) is 26.3 Å². The van der Waals surface area contributed by atoms with Crippen LogP contribution in [0, 0.1) is 0 Å². The van der Waals surface area contributed by atoms with Crippen LogP contribution in [-0.4, -0.2) is 67.2 Å². The molecule has 25 heavy (non-hydrogen) atoms. The Kier molecular flexibility index (Phi) is 4.51. The average Bonchev–Trinajstić information content (AvgIpc) is 3.16. The molecule has 1 aliphatic rings. The number of hydrogen-bond acceptors (Lipinski definition) is 7. The third-order valence-electron chi connectivity index (χ3n) is 4.01. The molecule has 3 aromatic heterocycles. The summed E-state index contributed by atoms with van der Waals surface area (Å²) in [6, 6.07) is 3.65. The van der Waals surface area contributed by atoms with Gasteiger partial charge in [-0.1, -0.05) is 16.4 Å². The van der Waals surface area contributed by atoms with Gasteiger partial charge in [0.2, 0.25) is 5.65 Å². The summed E-state index contributed by atoms with van der Waals surface area (Å²) in [6.07, 6.45) is 3.42. The molecule has 0 spiro atoms. The van der Waals surface area contributed by atoms with Crippen molar-refractivity contribution in [3.05, 3.63) is 35.2 Å². The molecule has 0 amide bonds. The Morgan fingerprint density at radius 2 is 2.36 bits per heavy atom. The standard InChI is InChI=1S/C15H18ClN7O2/c1-21-8-12(16)14(19-21)9-22-5-6-24-11(7-22)10-25-23-15-13(18-20-23)3-2-4-17-15/h2-4,8,11H,5-7,9-10H2,1H3. The van der Waals surface area contributed by atoms with Crippen LogP contribution in [0.5, 0.6) is 0 Å². The van der Waals surface area contributed by atoms with Crippen LogP contribution >= 0.6 is 11.6 Å². The van der Waals surface area contributed by atoms with Gasteiger partial charge in [-0.2, -0.15) is 5.10 Å². The number of morpholine rings is 1. The van der Waals surface area contributed by atoms with E-state index in [2.05, 4.69) is 25.3 Å². The van der Waals surface area contributed by atoms with Crippen LogP contribution in [-0.2, 0) is 18.3 Å². The van der Waals surface area contributed by atoms with E-state index in [1.807, 2.05) is 19.2 Å². The molecule has 0 saturated carbocycles. The highest BCUT2D eigenvalue weighted by atomic mass is 35.5. The normalized spacial score (nSPS) is 18.7. The number of pyridine rings is 1. The van der Waals surface area contributed by atoms with E-state index in [1.54, 1.807) is 17.1 Å². The third-order valence-corrected chi connectivity index (χ3v) is 4.33. The van der Waals surface area contributed by atoms with Gasteiger partial charge in [-0.3, -0.25) is 9.58 Å². The van der Waals surface area contributed by atoms with Gasteiger partial charge in [-0.05, 0) is 17.3 Å². The second kappa shape index (κ2) is 6.95. The first-order valence-electron chi connectivity index (χ1n) is 8.01. The lowest BCUT2D eigenvalue weighted by molar-refractivity contribution is -0.0772. The molecular formula is C15H18ClN7O2. The van der Waals surface area contributed by atoms with Crippen LogP contribution < -0.4 is 4.84 Å². The number of nitrogens with zero attached hydrogens (tertiary/aromatic N) is 7. The second-order valence-corrected chi connectivity index (χ2v) is 6.34. The Hall–Kier alpha value is -2.23. The Labute approximate surface area is 149 Å². The highest BCUT2D eigenvalue weighted by molar-refractivity contribution is 6.31. The molecule has 0 aromatic carbocycles. The maximum absolute atomic E-state index is 6.19. The average molecular weight is 364 g/mol. The van der Waals surface area contributed by atoms with Gasteiger partial charge in [0.05, 0.1) is 17.3 Å². The van der Waals surface area contributed by atoms with Crippen molar-refractivity contribution < 1.29 is 9.57 Å². The van der Waals surface area contributed by atoms with Gasteiger partial charge in [0.1, 0.15) is 18.2 Å². The maximum atomic E-state index is 6.19. The van der Waals surface area contributed by atoms with E-state index >= 15 is 0 Å². The van der Waals surface area contributed by atoms with Crippen molar-refractivity contribution in [1.82, 2.24) is 34.8 Å². The van der Waals surface area contributed by atoms with Gasteiger partial charge in [-0.15, -0.1) is 5.10 Å². The molecule has 0 radical (unpaired) electrons. The highest BCUT2D eigenvalue weighted by Crippen LogP contribution is 2.17. The van der Waals surface area contributed by atoms with Crippen molar-refractivity contribution in [2.24, 2.45) is 7.05 Å². The molecule has 1 fully saturated rings. The summed E-state index contributed by atoms with van der Waals surface area (Å²) < 4.78 is 7.51. The molecule has 10 heteroatoms. The van der Waals surface area contributed by atoms with Gasteiger partial charge in [0.25, 0.3) is 0 Å². The van der Waals surface area contributed by atoms with Crippen molar-refractivity contribution >= 4 is 22.8 Å². The number of ether oxygens (including phenoxy) is 1.